The fourth-order valence-electron chi connectivity index (χ4n) is 2.54. The highest BCUT2D eigenvalue weighted by Gasteiger charge is 2.11. The van der Waals surface area contributed by atoms with Crippen LogP contribution in [0, 0.1) is 6.92 Å². The second-order valence-electron chi connectivity index (χ2n) is 6.09. The minimum Gasteiger partial charge on any atom is -0.310 e. The molecular weight excluding hydrogens is 406 g/mol. The van der Waals surface area contributed by atoms with Gasteiger partial charge >= 0.3 is 0 Å². The summed E-state index contributed by atoms with van der Waals surface area (Å²) in [6.07, 6.45) is 3.19. The largest absolute Gasteiger partial charge is 0.310 e. The molecule has 1 amide bonds. The number of rotatable bonds is 5. The first kappa shape index (κ1) is 18.8. The Balaban J connectivity index is 1.73. The zero-order valence-electron chi connectivity index (χ0n) is 14.7. The van der Waals surface area contributed by atoms with E-state index in [2.05, 4.69) is 26.5 Å². The van der Waals surface area contributed by atoms with Gasteiger partial charge in [0.1, 0.15) is 5.56 Å². The monoisotopic (exact) mass is 423 g/mol. The lowest BCUT2D eigenvalue weighted by atomic mass is 10.1. The molecule has 0 fully saturated rings. The van der Waals surface area contributed by atoms with E-state index in [0.29, 0.717) is 6.54 Å². The normalized spacial score (nSPS) is 10.9. The topological polar surface area (TPSA) is 63.5 Å². The molecule has 1 heterocycles. The van der Waals surface area contributed by atoms with Crippen molar-refractivity contribution in [2.24, 2.45) is 5.10 Å². The van der Waals surface area contributed by atoms with E-state index in [0.717, 1.165) is 21.2 Å². The number of pyridine rings is 1. The molecule has 0 saturated heterocycles. The fraction of sp³-hybridized carbons (Fsp3) is 0.0952. The van der Waals surface area contributed by atoms with Crippen molar-refractivity contribution in [1.29, 1.82) is 0 Å². The molecule has 0 aliphatic rings. The Hall–Kier alpha value is -2.99. The molecule has 0 aliphatic carbocycles. The van der Waals surface area contributed by atoms with Gasteiger partial charge < -0.3 is 4.57 Å². The third kappa shape index (κ3) is 5.01. The Morgan fingerprint density at radius 3 is 2.67 bits per heavy atom. The van der Waals surface area contributed by atoms with Crippen LogP contribution in [0.1, 0.15) is 27.0 Å². The number of benzene rings is 2. The number of aryl methyl sites for hydroxylation is 1. The standard InChI is InChI=1S/C21H18BrN3O2/c1-15-7-9-16(10-8-15)14-25-11-3-6-19(21(25)27)20(26)24-23-13-17-4-2-5-18(22)12-17/h2-13H,14H2,1H3,(H,24,26)/b23-13-. The van der Waals surface area contributed by atoms with E-state index >= 15 is 0 Å². The van der Waals surface area contributed by atoms with Crippen molar-refractivity contribution in [1.82, 2.24) is 9.99 Å². The zero-order valence-corrected chi connectivity index (χ0v) is 16.3. The van der Waals surface area contributed by atoms with Gasteiger partial charge in [0.15, 0.2) is 0 Å². The first-order valence-corrected chi connectivity index (χ1v) is 9.16. The van der Waals surface area contributed by atoms with Gasteiger partial charge in [-0.25, -0.2) is 5.43 Å². The second kappa shape index (κ2) is 8.60. The molecule has 0 atom stereocenters. The highest BCUT2D eigenvalue weighted by atomic mass is 79.9. The maximum absolute atomic E-state index is 12.6. The van der Waals surface area contributed by atoms with E-state index in [-0.39, 0.29) is 11.1 Å². The van der Waals surface area contributed by atoms with Gasteiger partial charge in [0, 0.05) is 10.7 Å². The Labute approximate surface area is 165 Å². The van der Waals surface area contributed by atoms with Crippen molar-refractivity contribution >= 4 is 28.1 Å². The number of carbonyl (C=O) groups excluding carboxylic acids is 1. The predicted octanol–water partition coefficient (Wildman–Crippen LogP) is 3.73. The van der Waals surface area contributed by atoms with Crippen LogP contribution in [-0.2, 0) is 6.54 Å². The average molecular weight is 424 g/mol. The minimum absolute atomic E-state index is 0.0519. The van der Waals surface area contributed by atoms with Gasteiger partial charge in [0.2, 0.25) is 0 Å². The van der Waals surface area contributed by atoms with Crippen LogP contribution in [0.4, 0.5) is 0 Å². The van der Waals surface area contributed by atoms with Gasteiger partial charge in [-0.2, -0.15) is 5.10 Å². The molecule has 5 nitrogen and oxygen atoms in total. The summed E-state index contributed by atoms with van der Waals surface area (Å²) in [5, 5.41) is 3.93. The molecular formula is C21H18BrN3O2. The Morgan fingerprint density at radius 1 is 1.15 bits per heavy atom. The molecule has 0 bridgehead atoms. The number of hydrogen-bond acceptors (Lipinski definition) is 3. The molecule has 3 rings (SSSR count). The second-order valence-corrected chi connectivity index (χ2v) is 7.01. The summed E-state index contributed by atoms with van der Waals surface area (Å²) in [6.45, 7) is 2.41. The van der Waals surface area contributed by atoms with Crippen molar-refractivity contribution in [3.8, 4) is 0 Å². The smallest absolute Gasteiger partial charge is 0.276 e. The van der Waals surface area contributed by atoms with Crippen molar-refractivity contribution in [2.75, 3.05) is 0 Å². The van der Waals surface area contributed by atoms with Crippen LogP contribution in [0.25, 0.3) is 0 Å². The molecule has 1 aromatic heterocycles. The van der Waals surface area contributed by atoms with E-state index < -0.39 is 5.91 Å². The lowest BCUT2D eigenvalue weighted by molar-refractivity contribution is 0.0953. The first-order valence-electron chi connectivity index (χ1n) is 8.37. The van der Waals surface area contributed by atoms with Crippen molar-refractivity contribution in [3.05, 3.63) is 104 Å². The van der Waals surface area contributed by atoms with Crippen LogP contribution in [0.2, 0.25) is 0 Å². The number of nitrogens with one attached hydrogen (secondary N) is 1. The number of nitrogens with zero attached hydrogens (tertiary/aromatic N) is 2. The van der Waals surface area contributed by atoms with Gasteiger partial charge in [-0.05, 0) is 42.3 Å². The summed E-state index contributed by atoms with van der Waals surface area (Å²) in [4.78, 5) is 24.9. The molecule has 136 valence electrons. The van der Waals surface area contributed by atoms with E-state index in [1.165, 1.54) is 16.8 Å². The van der Waals surface area contributed by atoms with Gasteiger partial charge in [0.25, 0.3) is 11.5 Å². The Bertz CT molecular complexity index is 1040. The van der Waals surface area contributed by atoms with Crippen LogP contribution in [-0.4, -0.2) is 16.7 Å². The van der Waals surface area contributed by atoms with Crippen LogP contribution in [0.5, 0.6) is 0 Å². The molecule has 0 unspecified atom stereocenters. The summed E-state index contributed by atoms with van der Waals surface area (Å²) in [7, 11) is 0. The number of amides is 1. The number of hydrazone groups is 1. The molecule has 0 radical (unpaired) electrons. The first-order chi connectivity index (χ1) is 13.0. The molecule has 27 heavy (non-hydrogen) atoms. The van der Waals surface area contributed by atoms with Crippen molar-refractivity contribution < 1.29 is 4.79 Å². The molecule has 0 spiro atoms. The van der Waals surface area contributed by atoms with E-state index in [9.17, 15) is 9.59 Å². The van der Waals surface area contributed by atoms with Gasteiger partial charge in [-0.3, -0.25) is 9.59 Å². The lowest BCUT2D eigenvalue weighted by Gasteiger charge is -2.08. The van der Waals surface area contributed by atoms with Gasteiger partial charge in [-0.15, -0.1) is 0 Å². The molecule has 0 saturated carbocycles. The van der Waals surface area contributed by atoms with Crippen LogP contribution < -0.4 is 11.0 Å². The lowest BCUT2D eigenvalue weighted by Crippen LogP contribution is -2.30. The van der Waals surface area contributed by atoms with Crippen molar-refractivity contribution in [3.63, 3.8) is 0 Å². The SMILES string of the molecule is Cc1ccc(Cn2cccc(C(=O)N/N=C\c3cccc(Br)c3)c2=O)cc1. The van der Waals surface area contributed by atoms with Crippen molar-refractivity contribution in [2.45, 2.75) is 13.5 Å². The summed E-state index contributed by atoms with van der Waals surface area (Å²) in [6, 6.07) is 18.6. The minimum atomic E-state index is -0.537. The fourth-order valence-corrected chi connectivity index (χ4v) is 2.95. The molecule has 0 aliphatic heterocycles. The molecule has 1 N–H and O–H groups in total. The summed E-state index contributed by atoms with van der Waals surface area (Å²) < 4.78 is 2.43. The number of hydrogen-bond donors (Lipinski definition) is 1. The summed E-state index contributed by atoms with van der Waals surface area (Å²) >= 11 is 3.38. The van der Waals surface area contributed by atoms with E-state index in [1.807, 2.05) is 55.5 Å². The molecule has 6 heteroatoms. The summed E-state index contributed by atoms with van der Waals surface area (Å²) in [5.74, 6) is -0.537. The van der Waals surface area contributed by atoms with Gasteiger partial charge in [-0.1, -0.05) is 57.9 Å². The average Bonchev–Trinajstić information content (AvgIpc) is 2.65. The van der Waals surface area contributed by atoms with Crippen LogP contribution in [0.3, 0.4) is 0 Å². The quantitative estimate of drug-likeness (QED) is 0.501. The number of aromatic nitrogens is 1. The molecule has 3 aromatic rings. The maximum Gasteiger partial charge on any atom is 0.276 e. The summed E-state index contributed by atoms with van der Waals surface area (Å²) in [5.41, 5.74) is 5.08. The van der Waals surface area contributed by atoms with Gasteiger partial charge in [0.05, 0.1) is 12.8 Å². The third-order valence-corrected chi connectivity index (χ3v) is 4.46. The highest BCUT2D eigenvalue weighted by Crippen LogP contribution is 2.10. The number of carbonyl (C=O) groups is 1. The highest BCUT2D eigenvalue weighted by molar-refractivity contribution is 9.10. The van der Waals surface area contributed by atoms with Crippen LogP contribution >= 0.6 is 15.9 Å². The Morgan fingerprint density at radius 2 is 1.93 bits per heavy atom. The predicted molar refractivity (Wildman–Crippen MR) is 110 cm³/mol. The third-order valence-electron chi connectivity index (χ3n) is 3.97. The number of halogens is 1. The molecule has 2 aromatic carbocycles. The Kier molecular flexibility index (Phi) is 5.98. The van der Waals surface area contributed by atoms with Crippen LogP contribution in [0.15, 0.2) is 81.2 Å². The zero-order chi connectivity index (χ0) is 19.2. The van der Waals surface area contributed by atoms with E-state index in [4.69, 9.17) is 0 Å². The van der Waals surface area contributed by atoms with E-state index in [1.54, 1.807) is 12.3 Å². The maximum atomic E-state index is 12.6.